The second kappa shape index (κ2) is 5.24. The molecule has 2 aromatic carbocycles. The van der Waals surface area contributed by atoms with Crippen molar-refractivity contribution in [2.75, 3.05) is 0 Å². The zero-order valence-electron chi connectivity index (χ0n) is 10.2. The van der Waals surface area contributed by atoms with E-state index in [1.807, 2.05) is 54.6 Å². The number of rotatable bonds is 3. The second-order valence-electron chi connectivity index (χ2n) is 4.24. The van der Waals surface area contributed by atoms with Gasteiger partial charge in [0.05, 0.1) is 4.88 Å². The lowest BCUT2D eigenvalue weighted by atomic mass is 10.2. The normalized spacial score (nSPS) is 10.5. The van der Waals surface area contributed by atoms with E-state index in [2.05, 4.69) is 11.4 Å². The molecule has 93 valence electrons. The van der Waals surface area contributed by atoms with Gasteiger partial charge in [0.25, 0.3) is 5.91 Å². The first-order chi connectivity index (χ1) is 9.33. The fraction of sp³-hybridized carbons (Fsp3) is 0.0625. The predicted octanol–water partition coefficient (Wildman–Crippen LogP) is 3.63. The highest BCUT2D eigenvalue weighted by molar-refractivity contribution is 7.20. The van der Waals surface area contributed by atoms with Gasteiger partial charge in [0.1, 0.15) is 0 Å². The minimum absolute atomic E-state index is 0.0194. The van der Waals surface area contributed by atoms with Crippen molar-refractivity contribution in [3.05, 3.63) is 71.1 Å². The van der Waals surface area contributed by atoms with E-state index in [1.54, 1.807) is 0 Å². The highest BCUT2D eigenvalue weighted by Crippen LogP contribution is 2.25. The van der Waals surface area contributed by atoms with Crippen LogP contribution in [0.4, 0.5) is 0 Å². The molecule has 0 saturated heterocycles. The van der Waals surface area contributed by atoms with Crippen LogP contribution in [-0.2, 0) is 6.54 Å². The molecule has 19 heavy (non-hydrogen) atoms. The molecular formula is C16H12NOS. The monoisotopic (exact) mass is 266 g/mol. The van der Waals surface area contributed by atoms with Crippen LogP contribution in [0.2, 0.25) is 0 Å². The quantitative estimate of drug-likeness (QED) is 0.770. The second-order valence-corrected chi connectivity index (χ2v) is 5.32. The van der Waals surface area contributed by atoms with E-state index in [4.69, 9.17) is 0 Å². The molecular weight excluding hydrogens is 254 g/mol. The smallest absolute Gasteiger partial charge is 0.261 e. The zero-order chi connectivity index (χ0) is 13.1. The molecule has 0 aliphatic rings. The van der Waals surface area contributed by atoms with Crippen molar-refractivity contribution in [1.29, 1.82) is 0 Å². The first-order valence-electron chi connectivity index (χ1n) is 6.05. The van der Waals surface area contributed by atoms with Crippen LogP contribution in [-0.4, -0.2) is 5.91 Å². The van der Waals surface area contributed by atoms with Crippen molar-refractivity contribution >= 4 is 27.3 Å². The summed E-state index contributed by atoms with van der Waals surface area (Å²) in [5, 5.41) is 4.05. The number of hydrogen-bond acceptors (Lipinski definition) is 2. The Kier molecular flexibility index (Phi) is 3.29. The van der Waals surface area contributed by atoms with Gasteiger partial charge in [-0.2, -0.15) is 0 Å². The van der Waals surface area contributed by atoms with Gasteiger partial charge in [-0.3, -0.25) is 4.79 Å². The molecule has 1 aromatic heterocycles. The van der Waals surface area contributed by atoms with Crippen LogP contribution in [0.25, 0.3) is 10.1 Å². The summed E-state index contributed by atoms with van der Waals surface area (Å²) in [5.74, 6) is -0.0194. The molecule has 1 N–H and O–H groups in total. The largest absolute Gasteiger partial charge is 0.347 e. The number of fused-ring (bicyclic) bond motifs is 1. The Bertz CT molecular complexity index is 670. The SMILES string of the molecule is O=C(NCc1cc[c]cc1)c1cc2ccccc2s1. The number of thiophene rings is 1. The van der Waals surface area contributed by atoms with Crippen LogP contribution in [0.5, 0.6) is 0 Å². The Morgan fingerprint density at radius 1 is 1.16 bits per heavy atom. The van der Waals surface area contributed by atoms with Gasteiger partial charge in [-0.1, -0.05) is 42.5 Å². The minimum Gasteiger partial charge on any atom is -0.347 e. The van der Waals surface area contributed by atoms with Gasteiger partial charge in [0.15, 0.2) is 0 Å². The van der Waals surface area contributed by atoms with E-state index >= 15 is 0 Å². The summed E-state index contributed by atoms with van der Waals surface area (Å²) < 4.78 is 1.14. The Morgan fingerprint density at radius 2 is 1.95 bits per heavy atom. The third-order valence-electron chi connectivity index (χ3n) is 2.89. The molecule has 0 aliphatic carbocycles. The lowest BCUT2D eigenvalue weighted by Gasteiger charge is -2.02. The summed E-state index contributed by atoms with van der Waals surface area (Å²) in [5.41, 5.74) is 1.08. The molecule has 3 aromatic rings. The Morgan fingerprint density at radius 3 is 2.74 bits per heavy atom. The highest BCUT2D eigenvalue weighted by Gasteiger charge is 2.09. The molecule has 0 aliphatic heterocycles. The van der Waals surface area contributed by atoms with Crippen molar-refractivity contribution in [2.45, 2.75) is 6.54 Å². The first-order valence-corrected chi connectivity index (χ1v) is 6.86. The number of carbonyl (C=O) groups is 1. The maximum atomic E-state index is 12.1. The topological polar surface area (TPSA) is 29.1 Å². The molecule has 3 heteroatoms. The van der Waals surface area contributed by atoms with Gasteiger partial charge < -0.3 is 5.32 Å². The fourth-order valence-electron chi connectivity index (χ4n) is 1.90. The van der Waals surface area contributed by atoms with Crippen molar-refractivity contribution in [1.82, 2.24) is 5.32 Å². The van der Waals surface area contributed by atoms with E-state index in [1.165, 1.54) is 11.3 Å². The van der Waals surface area contributed by atoms with Crippen molar-refractivity contribution in [3.8, 4) is 0 Å². The van der Waals surface area contributed by atoms with Crippen LogP contribution in [0.15, 0.2) is 54.6 Å². The van der Waals surface area contributed by atoms with Crippen LogP contribution in [0.3, 0.4) is 0 Å². The third-order valence-corrected chi connectivity index (χ3v) is 4.00. The maximum absolute atomic E-state index is 12.1. The molecule has 1 radical (unpaired) electrons. The van der Waals surface area contributed by atoms with Crippen molar-refractivity contribution in [2.24, 2.45) is 0 Å². The van der Waals surface area contributed by atoms with Gasteiger partial charge in [0, 0.05) is 11.2 Å². The summed E-state index contributed by atoms with van der Waals surface area (Å²) >= 11 is 1.52. The molecule has 0 unspecified atom stereocenters. The van der Waals surface area contributed by atoms with Gasteiger partial charge >= 0.3 is 0 Å². The van der Waals surface area contributed by atoms with Gasteiger partial charge in [-0.05, 0) is 29.1 Å². The predicted molar refractivity (Wildman–Crippen MR) is 78.3 cm³/mol. The van der Waals surface area contributed by atoms with Gasteiger partial charge in [-0.25, -0.2) is 0 Å². The Hall–Kier alpha value is -2.13. The Balaban J connectivity index is 1.73. The molecule has 0 saturated carbocycles. The molecule has 0 bridgehead atoms. The zero-order valence-corrected chi connectivity index (χ0v) is 11.0. The van der Waals surface area contributed by atoms with Crippen molar-refractivity contribution < 1.29 is 4.79 Å². The molecule has 0 spiro atoms. The summed E-state index contributed by atoms with van der Waals surface area (Å²) in [7, 11) is 0. The van der Waals surface area contributed by atoms with E-state index < -0.39 is 0 Å². The van der Waals surface area contributed by atoms with E-state index in [-0.39, 0.29) is 5.91 Å². The lowest BCUT2D eigenvalue weighted by molar-refractivity contribution is 0.0955. The number of carbonyl (C=O) groups excluding carboxylic acids is 1. The minimum atomic E-state index is -0.0194. The third kappa shape index (κ3) is 2.66. The lowest BCUT2D eigenvalue weighted by Crippen LogP contribution is -2.21. The standard InChI is InChI=1S/C16H12NOS/c18-16(17-11-12-6-2-1-3-7-12)15-10-13-8-4-5-9-14(13)19-15/h2-10H,11H2,(H,17,18). The number of benzene rings is 2. The number of hydrogen-bond donors (Lipinski definition) is 1. The summed E-state index contributed by atoms with van der Waals surface area (Å²) in [6.45, 7) is 0.543. The van der Waals surface area contributed by atoms with Crippen molar-refractivity contribution in [3.63, 3.8) is 0 Å². The van der Waals surface area contributed by atoms with Gasteiger partial charge in [0.2, 0.25) is 0 Å². The highest BCUT2D eigenvalue weighted by atomic mass is 32.1. The van der Waals surface area contributed by atoms with Gasteiger partial charge in [-0.15, -0.1) is 11.3 Å². The maximum Gasteiger partial charge on any atom is 0.261 e. The average molecular weight is 266 g/mol. The summed E-state index contributed by atoms with van der Waals surface area (Å²) in [6.07, 6.45) is 0. The van der Waals surface area contributed by atoms with E-state index in [9.17, 15) is 4.79 Å². The molecule has 3 rings (SSSR count). The van der Waals surface area contributed by atoms with Crippen LogP contribution < -0.4 is 5.32 Å². The fourth-order valence-corrected chi connectivity index (χ4v) is 2.88. The molecule has 1 amide bonds. The summed E-state index contributed by atoms with van der Waals surface area (Å²) in [4.78, 5) is 12.8. The molecule has 0 atom stereocenters. The molecule has 1 heterocycles. The van der Waals surface area contributed by atoms with Crippen LogP contribution >= 0.6 is 11.3 Å². The molecule has 0 fully saturated rings. The molecule has 2 nitrogen and oxygen atoms in total. The van der Waals surface area contributed by atoms with Crippen LogP contribution in [0, 0.1) is 6.07 Å². The van der Waals surface area contributed by atoms with E-state index in [0.717, 1.165) is 20.5 Å². The van der Waals surface area contributed by atoms with Crippen LogP contribution in [0.1, 0.15) is 15.2 Å². The first kappa shape index (κ1) is 11.9. The number of amides is 1. The Labute approximate surface area is 115 Å². The summed E-state index contributed by atoms with van der Waals surface area (Å²) in [6, 6.07) is 20.5. The van der Waals surface area contributed by atoms with E-state index in [0.29, 0.717) is 6.54 Å². The average Bonchev–Trinajstić information content (AvgIpc) is 2.90. The number of nitrogens with one attached hydrogen (secondary N) is 1.